The number of piperidine rings is 1. The topological polar surface area (TPSA) is 57.9 Å². The minimum absolute atomic E-state index is 0.159. The lowest BCUT2D eigenvalue weighted by Crippen LogP contribution is -2.44. The van der Waals surface area contributed by atoms with E-state index in [9.17, 15) is 8.42 Å². The molecule has 1 unspecified atom stereocenters. The number of fused-ring (bicyclic) bond motifs is 1. The van der Waals surface area contributed by atoms with E-state index < -0.39 is 10.2 Å². The maximum absolute atomic E-state index is 12.6. The molecule has 1 atom stereocenters. The van der Waals surface area contributed by atoms with E-state index in [1.165, 1.54) is 4.31 Å². The zero-order chi connectivity index (χ0) is 15.2. The molecule has 0 saturated carbocycles. The average molecular weight is 328 g/mol. The van der Waals surface area contributed by atoms with Gasteiger partial charge in [0.05, 0.1) is 11.7 Å². The summed E-state index contributed by atoms with van der Waals surface area (Å²) in [5.74, 6) is 0.911. The summed E-state index contributed by atoms with van der Waals surface area (Å²) >= 11 is 1.61. The first-order valence-corrected chi connectivity index (χ1v) is 9.32. The fraction of sp³-hybridized carbons (Fsp3) is 0.615. The zero-order valence-corrected chi connectivity index (χ0v) is 14.1. The van der Waals surface area contributed by atoms with Gasteiger partial charge in [-0.05, 0) is 19.8 Å². The van der Waals surface area contributed by atoms with Crippen molar-refractivity contribution in [2.45, 2.75) is 32.2 Å². The van der Waals surface area contributed by atoms with E-state index in [4.69, 9.17) is 0 Å². The summed E-state index contributed by atoms with van der Waals surface area (Å²) in [4.78, 5) is 5.70. The number of hydrogen-bond donors (Lipinski definition) is 0. The molecule has 8 heteroatoms. The van der Waals surface area contributed by atoms with Crippen LogP contribution in [-0.4, -0.2) is 47.1 Å². The predicted octanol–water partition coefficient (Wildman–Crippen LogP) is 2.04. The molecule has 3 heterocycles. The number of thiazole rings is 1. The molecule has 6 nitrogen and oxygen atoms in total. The Balaban J connectivity index is 2.08. The van der Waals surface area contributed by atoms with Crippen molar-refractivity contribution < 1.29 is 8.42 Å². The highest BCUT2D eigenvalue weighted by molar-refractivity contribution is 7.86. The van der Waals surface area contributed by atoms with Crippen molar-refractivity contribution in [3.63, 3.8) is 0 Å². The Labute approximate surface area is 129 Å². The second-order valence-corrected chi connectivity index (χ2v) is 8.52. The van der Waals surface area contributed by atoms with Gasteiger partial charge in [0.1, 0.15) is 10.7 Å². The van der Waals surface area contributed by atoms with Gasteiger partial charge in [-0.15, -0.1) is 11.3 Å². The lowest BCUT2D eigenvalue weighted by atomic mass is 10.0. The highest BCUT2D eigenvalue weighted by atomic mass is 32.2. The van der Waals surface area contributed by atoms with Crippen molar-refractivity contribution in [1.82, 2.24) is 18.0 Å². The van der Waals surface area contributed by atoms with Crippen LogP contribution in [0.3, 0.4) is 0 Å². The van der Waals surface area contributed by atoms with Crippen molar-refractivity contribution in [2.75, 3.05) is 20.6 Å². The first-order chi connectivity index (χ1) is 9.93. The van der Waals surface area contributed by atoms with Crippen molar-refractivity contribution in [3.05, 3.63) is 23.1 Å². The van der Waals surface area contributed by atoms with Crippen molar-refractivity contribution in [2.24, 2.45) is 0 Å². The number of nitrogens with zero attached hydrogens (tertiary/aromatic N) is 4. The van der Waals surface area contributed by atoms with Gasteiger partial charge in [-0.2, -0.15) is 17.0 Å². The molecular formula is C13H20N4O2S2. The number of rotatable bonds is 3. The van der Waals surface area contributed by atoms with E-state index in [2.05, 4.69) is 4.98 Å². The second kappa shape index (κ2) is 5.35. The van der Waals surface area contributed by atoms with Gasteiger partial charge in [-0.3, -0.25) is 4.40 Å². The first-order valence-electron chi connectivity index (χ1n) is 7.04. The Kier molecular flexibility index (Phi) is 3.81. The molecule has 116 valence electrons. The van der Waals surface area contributed by atoms with Crippen LogP contribution in [0.15, 0.2) is 11.6 Å². The van der Waals surface area contributed by atoms with Crippen LogP contribution >= 0.6 is 11.3 Å². The van der Waals surface area contributed by atoms with Gasteiger partial charge in [-0.1, -0.05) is 6.42 Å². The third-order valence-electron chi connectivity index (χ3n) is 3.99. The normalized spacial score (nSPS) is 21.4. The summed E-state index contributed by atoms with van der Waals surface area (Å²) in [5.41, 5.74) is 0.896. The minimum Gasteiger partial charge on any atom is -0.294 e. The monoisotopic (exact) mass is 328 g/mol. The van der Waals surface area contributed by atoms with Crippen LogP contribution in [0.4, 0.5) is 0 Å². The van der Waals surface area contributed by atoms with Gasteiger partial charge in [0.2, 0.25) is 0 Å². The summed E-state index contributed by atoms with van der Waals surface area (Å²) in [6.45, 7) is 2.52. The molecule has 1 aliphatic rings. The highest BCUT2D eigenvalue weighted by Gasteiger charge is 2.37. The Hall–Kier alpha value is -0.960. The van der Waals surface area contributed by atoms with E-state index in [1.54, 1.807) is 29.7 Å². The molecule has 2 aromatic rings. The lowest BCUT2D eigenvalue weighted by Gasteiger charge is -2.35. The van der Waals surface area contributed by atoms with Crippen molar-refractivity contribution >= 4 is 26.4 Å². The van der Waals surface area contributed by atoms with Gasteiger partial charge >= 0.3 is 0 Å². The zero-order valence-electron chi connectivity index (χ0n) is 12.5. The average Bonchev–Trinajstić information content (AvgIpc) is 3.03. The van der Waals surface area contributed by atoms with E-state index in [0.29, 0.717) is 6.54 Å². The van der Waals surface area contributed by atoms with Crippen molar-refractivity contribution in [3.8, 4) is 0 Å². The molecule has 0 radical (unpaired) electrons. The highest BCUT2D eigenvalue weighted by Crippen LogP contribution is 2.36. The molecule has 0 aliphatic carbocycles. The second-order valence-electron chi connectivity index (χ2n) is 5.53. The van der Waals surface area contributed by atoms with Crippen LogP contribution in [0.1, 0.15) is 36.8 Å². The van der Waals surface area contributed by atoms with Gasteiger partial charge in [0.25, 0.3) is 10.2 Å². The Morgan fingerprint density at radius 2 is 2.14 bits per heavy atom. The van der Waals surface area contributed by atoms with E-state index in [1.807, 2.05) is 22.9 Å². The maximum Gasteiger partial charge on any atom is 0.282 e. The van der Waals surface area contributed by atoms with Crippen LogP contribution in [0.25, 0.3) is 4.83 Å². The molecule has 0 spiro atoms. The summed E-state index contributed by atoms with van der Waals surface area (Å²) in [7, 11) is -0.251. The minimum atomic E-state index is -3.42. The van der Waals surface area contributed by atoms with E-state index >= 15 is 0 Å². The molecule has 1 aliphatic heterocycles. The van der Waals surface area contributed by atoms with Crippen LogP contribution in [0.2, 0.25) is 0 Å². The molecule has 1 fully saturated rings. The van der Waals surface area contributed by atoms with E-state index in [0.717, 1.165) is 35.6 Å². The largest absolute Gasteiger partial charge is 0.294 e. The standard InChI is InChI=1S/C13H20N4O2S2/c1-10-14-12(13-16(10)8-9-20-13)11-6-4-5-7-17(11)21(18,19)15(2)3/h8-9,11H,4-7H2,1-3H3. The van der Waals surface area contributed by atoms with Gasteiger partial charge < -0.3 is 0 Å². The molecule has 0 N–H and O–H groups in total. The maximum atomic E-state index is 12.6. The fourth-order valence-corrected chi connectivity index (χ4v) is 5.10. The lowest BCUT2D eigenvalue weighted by molar-refractivity contribution is 0.240. The molecule has 0 amide bonds. The number of aryl methyl sites for hydroxylation is 1. The van der Waals surface area contributed by atoms with E-state index in [-0.39, 0.29) is 6.04 Å². The van der Waals surface area contributed by atoms with Gasteiger partial charge in [-0.25, -0.2) is 4.98 Å². The van der Waals surface area contributed by atoms with Crippen LogP contribution in [0.5, 0.6) is 0 Å². The fourth-order valence-electron chi connectivity index (χ4n) is 2.88. The molecular weight excluding hydrogens is 308 g/mol. The van der Waals surface area contributed by atoms with Crippen molar-refractivity contribution in [1.29, 1.82) is 0 Å². The van der Waals surface area contributed by atoms with Gasteiger partial charge in [0.15, 0.2) is 0 Å². The smallest absolute Gasteiger partial charge is 0.282 e. The van der Waals surface area contributed by atoms with Crippen LogP contribution in [-0.2, 0) is 10.2 Å². The molecule has 2 aromatic heterocycles. The first kappa shape index (κ1) is 15.0. The Morgan fingerprint density at radius 1 is 1.38 bits per heavy atom. The molecule has 3 rings (SSSR count). The van der Waals surface area contributed by atoms with Gasteiger partial charge in [0, 0.05) is 32.2 Å². The number of aromatic nitrogens is 2. The predicted molar refractivity (Wildman–Crippen MR) is 83.7 cm³/mol. The third kappa shape index (κ3) is 2.40. The summed E-state index contributed by atoms with van der Waals surface area (Å²) in [5, 5.41) is 2.02. The summed E-state index contributed by atoms with van der Waals surface area (Å²) in [6, 6.07) is -0.159. The number of imidazole rings is 1. The van der Waals surface area contributed by atoms with Crippen LogP contribution in [0, 0.1) is 6.92 Å². The molecule has 0 bridgehead atoms. The molecule has 21 heavy (non-hydrogen) atoms. The quantitative estimate of drug-likeness (QED) is 0.866. The summed E-state index contributed by atoms with van der Waals surface area (Å²) < 4.78 is 30.1. The Bertz CT molecular complexity index is 747. The SMILES string of the molecule is Cc1nc(C2CCCCN2S(=O)(=O)N(C)C)c2sccn12. The molecule has 0 aromatic carbocycles. The number of hydrogen-bond acceptors (Lipinski definition) is 4. The summed E-state index contributed by atoms with van der Waals surface area (Å²) in [6.07, 6.45) is 4.76. The van der Waals surface area contributed by atoms with Crippen LogP contribution < -0.4 is 0 Å². The Morgan fingerprint density at radius 3 is 2.86 bits per heavy atom. The third-order valence-corrected chi connectivity index (χ3v) is 6.83. The molecule has 1 saturated heterocycles.